The van der Waals surface area contributed by atoms with Crippen LogP contribution in [0.4, 0.5) is 43.9 Å². The van der Waals surface area contributed by atoms with Crippen molar-refractivity contribution in [3.05, 3.63) is 74.8 Å². The van der Waals surface area contributed by atoms with Gasteiger partial charge < -0.3 is 5.32 Å². The van der Waals surface area contributed by atoms with E-state index in [0.29, 0.717) is 12.1 Å². The number of Topliss-reactive ketones (excluding diaryl/α,β-unsaturated/α-hetero) is 1. The van der Waals surface area contributed by atoms with E-state index in [1.165, 1.54) is 19.2 Å². The highest BCUT2D eigenvalue weighted by molar-refractivity contribution is 6.32. The number of hydrogen-bond donors (Lipinski definition) is 1. The summed E-state index contributed by atoms with van der Waals surface area (Å²) in [6.45, 7) is 1.15. The number of hydrogen-bond acceptors (Lipinski definition) is 2. The number of carbonyl (C=O) groups excluding carboxylic acids is 2. The maximum absolute atomic E-state index is 15.0. The maximum Gasteiger partial charge on any atom is 0.417 e. The van der Waals surface area contributed by atoms with Crippen LogP contribution in [0.3, 0.4) is 0 Å². The lowest BCUT2D eigenvalue weighted by atomic mass is 9.92. The van der Waals surface area contributed by atoms with E-state index >= 15 is 0 Å². The van der Waals surface area contributed by atoms with Gasteiger partial charge in [-0.2, -0.15) is 39.5 Å². The number of rotatable bonds is 8. The number of ketones is 1. The van der Waals surface area contributed by atoms with Crippen molar-refractivity contribution in [3.63, 3.8) is 0 Å². The third kappa shape index (κ3) is 8.97. The Hall–Kier alpha value is -3.09. The molecule has 3 nitrogen and oxygen atoms in total. The van der Waals surface area contributed by atoms with Crippen molar-refractivity contribution in [1.82, 2.24) is 5.32 Å². The molecule has 0 fully saturated rings. The van der Waals surface area contributed by atoms with Crippen LogP contribution < -0.4 is 5.32 Å². The number of allylic oxidation sites excluding steroid dienone is 1. The van der Waals surface area contributed by atoms with Gasteiger partial charge in [-0.1, -0.05) is 35.9 Å². The Bertz CT molecular complexity index is 1240. The highest BCUT2D eigenvalue weighted by Gasteiger charge is 2.41. The SMILES string of the molecule is Cc1cc(C(/C=C(\F)c2ccc(C(=O)CCC(=O)NCC(F)(F)F)c(C(F)(F)F)c2)C(F)(F)F)cc(C)c1Cl. The smallest absolute Gasteiger partial charge is 0.347 e. The number of halogens is 11. The molecule has 0 spiro atoms. The fourth-order valence-corrected chi connectivity index (χ4v) is 3.71. The molecule has 0 saturated heterocycles. The molecule has 1 atom stereocenters. The third-order valence-electron chi connectivity index (χ3n) is 5.45. The van der Waals surface area contributed by atoms with Gasteiger partial charge in [0.1, 0.15) is 18.3 Å². The predicted octanol–water partition coefficient (Wildman–Crippen LogP) is 8.27. The summed E-state index contributed by atoms with van der Waals surface area (Å²) < 4.78 is 134. The van der Waals surface area contributed by atoms with Crippen molar-refractivity contribution < 1.29 is 53.5 Å². The van der Waals surface area contributed by atoms with E-state index in [0.717, 1.165) is 12.1 Å². The fourth-order valence-electron chi connectivity index (χ4n) is 3.60. The van der Waals surface area contributed by atoms with Gasteiger partial charge in [0, 0.05) is 29.0 Å². The zero-order chi connectivity index (χ0) is 29.9. The van der Waals surface area contributed by atoms with E-state index in [9.17, 15) is 53.5 Å². The second-order valence-electron chi connectivity index (χ2n) is 8.58. The molecule has 1 amide bonds. The monoisotopic (exact) mass is 591 g/mol. The minimum Gasteiger partial charge on any atom is -0.347 e. The van der Waals surface area contributed by atoms with Gasteiger partial charge in [0.05, 0.1) is 5.56 Å². The van der Waals surface area contributed by atoms with E-state index in [4.69, 9.17) is 11.6 Å². The zero-order valence-corrected chi connectivity index (χ0v) is 20.9. The lowest BCUT2D eigenvalue weighted by Gasteiger charge is -2.20. The van der Waals surface area contributed by atoms with Crippen molar-refractivity contribution in [2.45, 2.75) is 51.1 Å². The van der Waals surface area contributed by atoms with E-state index in [1.54, 1.807) is 0 Å². The lowest BCUT2D eigenvalue weighted by Crippen LogP contribution is -2.33. The minimum atomic E-state index is -5.26. The highest BCUT2D eigenvalue weighted by atomic mass is 35.5. The van der Waals surface area contributed by atoms with Gasteiger partial charge in [0.15, 0.2) is 5.78 Å². The predicted molar refractivity (Wildman–Crippen MR) is 123 cm³/mol. The molecule has 214 valence electrons. The molecule has 2 aromatic carbocycles. The van der Waals surface area contributed by atoms with Gasteiger partial charge in [0.2, 0.25) is 5.91 Å². The summed E-state index contributed by atoms with van der Waals surface area (Å²) in [5.41, 5.74) is -3.49. The van der Waals surface area contributed by atoms with E-state index in [-0.39, 0.29) is 28.3 Å². The van der Waals surface area contributed by atoms with Gasteiger partial charge in [-0.25, -0.2) is 4.39 Å². The molecule has 0 aliphatic carbocycles. The molecule has 0 bridgehead atoms. The lowest BCUT2D eigenvalue weighted by molar-refractivity contribution is -0.140. The molecular weight excluding hydrogens is 572 g/mol. The molecule has 14 heteroatoms. The highest BCUT2D eigenvalue weighted by Crippen LogP contribution is 2.41. The molecule has 39 heavy (non-hydrogen) atoms. The molecule has 1 N–H and O–H groups in total. The molecular formula is C25H20ClF10NO2. The van der Waals surface area contributed by atoms with Crippen molar-refractivity contribution in [2.24, 2.45) is 0 Å². The summed E-state index contributed by atoms with van der Waals surface area (Å²) in [4.78, 5) is 23.8. The van der Waals surface area contributed by atoms with Crippen LogP contribution in [0.5, 0.6) is 0 Å². The van der Waals surface area contributed by atoms with Crippen molar-refractivity contribution >= 4 is 29.1 Å². The van der Waals surface area contributed by atoms with Gasteiger partial charge in [-0.15, -0.1) is 0 Å². The number of alkyl halides is 9. The summed E-state index contributed by atoms with van der Waals surface area (Å²) in [6, 6.07) is 3.48. The van der Waals surface area contributed by atoms with E-state index in [2.05, 4.69) is 0 Å². The molecule has 0 aromatic heterocycles. The normalized spacial score (nSPS) is 13.8. The van der Waals surface area contributed by atoms with Crippen LogP contribution in [0, 0.1) is 13.8 Å². The number of benzene rings is 2. The molecule has 0 radical (unpaired) electrons. The first-order valence-corrected chi connectivity index (χ1v) is 11.4. The van der Waals surface area contributed by atoms with Gasteiger partial charge in [0.25, 0.3) is 0 Å². The third-order valence-corrected chi connectivity index (χ3v) is 6.05. The Balaban J connectivity index is 2.41. The molecule has 2 rings (SSSR count). The summed E-state index contributed by atoms with van der Waals surface area (Å²) in [5, 5.41) is 1.65. The standard InChI is InChI=1S/C25H20ClF10NO2/c1-12-7-15(8-13(2)22(12)26)17(24(31,32)33)10-19(27)14-3-4-16(18(9-14)25(34,35)36)20(38)5-6-21(39)37-11-23(28,29)30/h3-4,7-10,17H,5-6,11H2,1-2H3,(H,37,39)/b19-10-. The van der Waals surface area contributed by atoms with Gasteiger partial charge in [-0.05, 0) is 42.7 Å². The summed E-state index contributed by atoms with van der Waals surface area (Å²) in [5.74, 6) is -6.73. The van der Waals surface area contributed by atoms with Crippen molar-refractivity contribution in [3.8, 4) is 0 Å². The Labute approximate surface area is 220 Å². The Morgan fingerprint density at radius 1 is 0.923 bits per heavy atom. The van der Waals surface area contributed by atoms with Crippen LogP contribution in [0.15, 0.2) is 36.4 Å². The molecule has 2 aromatic rings. The average molecular weight is 592 g/mol. The quantitative estimate of drug-likeness (QED) is 0.248. The van der Waals surface area contributed by atoms with Crippen LogP contribution in [-0.4, -0.2) is 30.6 Å². The zero-order valence-electron chi connectivity index (χ0n) is 20.1. The summed E-state index contributed by atoms with van der Waals surface area (Å²) in [6.07, 6.45) is -16.7. The Kier molecular flexibility index (Phi) is 9.86. The topological polar surface area (TPSA) is 46.2 Å². The molecule has 0 saturated carbocycles. The van der Waals surface area contributed by atoms with E-state index in [1.807, 2.05) is 0 Å². The first-order chi connectivity index (χ1) is 17.7. The second-order valence-corrected chi connectivity index (χ2v) is 8.95. The Morgan fingerprint density at radius 3 is 1.97 bits per heavy atom. The molecule has 0 aliphatic rings. The van der Waals surface area contributed by atoms with Crippen molar-refractivity contribution in [2.75, 3.05) is 6.54 Å². The van der Waals surface area contributed by atoms with E-state index < -0.39 is 83.6 Å². The summed E-state index contributed by atoms with van der Waals surface area (Å²) >= 11 is 5.97. The first-order valence-electron chi connectivity index (χ1n) is 11.0. The van der Waals surface area contributed by atoms with Crippen LogP contribution in [0.2, 0.25) is 5.02 Å². The van der Waals surface area contributed by atoms with Crippen LogP contribution in [0.25, 0.3) is 5.83 Å². The molecule has 0 heterocycles. The van der Waals surface area contributed by atoms with Gasteiger partial charge >= 0.3 is 18.5 Å². The largest absolute Gasteiger partial charge is 0.417 e. The Morgan fingerprint density at radius 2 is 1.49 bits per heavy atom. The van der Waals surface area contributed by atoms with Crippen LogP contribution >= 0.6 is 11.6 Å². The first kappa shape index (κ1) is 32.1. The number of amides is 1. The molecule has 1 unspecified atom stereocenters. The summed E-state index contributed by atoms with van der Waals surface area (Å²) in [7, 11) is 0. The second kappa shape index (κ2) is 12.0. The average Bonchev–Trinajstić information content (AvgIpc) is 2.80. The number of nitrogens with one attached hydrogen (secondary N) is 1. The van der Waals surface area contributed by atoms with Crippen LogP contribution in [-0.2, 0) is 11.0 Å². The fraction of sp³-hybridized carbons (Fsp3) is 0.360. The van der Waals surface area contributed by atoms with Crippen LogP contribution in [0.1, 0.15) is 56.9 Å². The number of aryl methyl sites for hydroxylation is 2. The molecule has 0 aliphatic heterocycles. The van der Waals surface area contributed by atoms with Crippen molar-refractivity contribution in [1.29, 1.82) is 0 Å². The minimum absolute atomic E-state index is 0.101. The number of carbonyl (C=O) groups is 2. The maximum atomic E-state index is 15.0. The van der Waals surface area contributed by atoms with Gasteiger partial charge in [-0.3, -0.25) is 9.59 Å².